The van der Waals surface area contributed by atoms with Crippen LogP contribution in [0.1, 0.15) is 25.3 Å². The Hall–Kier alpha value is -1.39. The number of benzene rings is 1. The van der Waals surface area contributed by atoms with Crippen molar-refractivity contribution < 1.29 is 19.0 Å². The van der Waals surface area contributed by atoms with Crippen LogP contribution in [0.25, 0.3) is 0 Å². The molecule has 1 aromatic carbocycles. The van der Waals surface area contributed by atoms with Gasteiger partial charge in [0.25, 0.3) is 0 Å². The Labute approximate surface area is 121 Å². The third kappa shape index (κ3) is 5.72. The van der Waals surface area contributed by atoms with Gasteiger partial charge in [-0.05, 0) is 18.9 Å². The molecule has 0 fully saturated rings. The molecule has 0 aromatic heterocycles. The Morgan fingerprint density at radius 1 is 1.15 bits per heavy atom. The maximum atomic E-state index is 11.3. The minimum absolute atomic E-state index is 0.0583. The summed E-state index contributed by atoms with van der Waals surface area (Å²) in [5.41, 5.74) is 1.20. The summed E-state index contributed by atoms with van der Waals surface area (Å²) in [4.78, 5) is 11.3. The van der Waals surface area contributed by atoms with Crippen LogP contribution in [0.4, 0.5) is 0 Å². The quantitative estimate of drug-likeness (QED) is 0.652. The van der Waals surface area contributed by atoms with Crippen LogP contribution in [0.5, 0.6) is 0 Å². The summed E-state index contributed by atoms with van der Waals surface area (Å²) in [6.07, 6.45) is 1.54. The standard InChI is InChI=1S/C16H24O4/c1-4-20-15(12-13-8-6-5-7-9-13)14(18-2)10-11-16(17)19-3/h5-9,14-15H,4,10-12H2,1-3H3. The van der Waals surface area contributed by atoms with Gasteiger partial charge in [0.1, 0.15) is 0 Å². The summed E-state index contributed by atoms with van der Waals surface area (Å²) < 4.78 is 16.0. The second-order valence-electron chi connectivity index (χ2n) is 4.57. The van der Waals surface area contributed by atoms with Gasteiger partial charge in [0.05, 0.1) is 19.3 Å². The molecule has 0 N–H and O–H groups in total. The molecule has 2 atom stereocenters. The third-order valence-electron chi connectivity index (χ3n) is 3.24. The number of ether oxygens (including phenoxy) is 3. The second-order valence-corrected chi connectivity index (χ2v) is 4.57. The molecule has 0 bridgehead atoms. The topological polar surface area (TPSA) is 44.8 Å². The number of carbonyl (C=O) groups is 1. The number of carbonyl (C=O) groups excluding carboxylic acids is 1. The van der Waals surface area contributed by atoms with Crippen LogP contribution in [0.15, 0.2) is 30.3 Å². The SMILES string of the molecule is CCOC(Cc1ccccc1)C(CCC(=O)OC)OC. The van der Waals surface area contributed by atoms with Gasteiger partial charge < -0.3 is 14.2 Å². The molecular weight excluding hydrogens is 256 g/mol. The van der Waals surface area contributed by atoms with E-state index < -0.39 is 0 Å². The zero-order valence-corrected chi connectivity index (χ0v) is 12.5. The van der Waals surface area contributed by atoms with Crippen molar-refractivity contribution in [3.8, 4) is 0 Å². The first-order valence-corrected chi connectivity index (χ1v) is 6.96. The van der Waals surface area contributed by atoms with Gasteiger partial charge in [-0.25, -0.2) is 0 Å². The van der Waals surface area contributed by atoms with E-state index in [9.17, 15) is 4.79 Å². The molecule has 0 aliphatic rings. The van der Waals surface area contributed by atoms with Crippen LogP contribution in [-0.2, 0) is 25.4 Å². The Morgan fingerprint density at radius 3 is 2.40 bits per heavy atom. The lowest BCUT2D eigenvalue weighted by Gasteiger charge is -2.26. The van der Waals surface area contributed by atoms with E-state index >= 15 is 0 Å². The molecule has 0 saturated carbocycles. The first-order valence-electron chi connectivity index (χ1n) is 6.96. The van der Waals surface area contributed by atoms with Crippen molar-refractivity contribution in [2.24, 2.45) is 0 Å². The monoisotopic (exact) mass is 280 g/mol. The van der Waals surface area contributed by atoms with Crippen molar-refractivity contribution in [3.05, 3.63) is 35.9 Å². The van der Waals surface area contributed by atoms with E-state index in [-0.39, 0.29) is 18.2 Å². The normalized spacial score (nSPS) is 13.8. The molecule has 0 radical (unpaired) electrons. The number of methoxy groups -OCH3 is 2. The third-order valence-corrected chi connectivity index (χ3v) is 3.24. The van der Waals surface area contributed by atoms with E-state index in [1.807, 2.05) is 25.1 Å². The highest BCUT2D eigenvalue weighted by Gasteiger charge is 2.23. The van der Waals surface area contributed by atoms with Gasteiger partial charge in [0.2, 0.25) is 0 Å². The second kappa shape index (κ2) is 9.50. The Morgan fingerprint density at radius 2 is 1.85 bits per heavy atom. The van der Waals surface area contributed by atoms with Crippen LogP contribution in [-0.4, -0.2) is 39.0 Å². The van der Waals surface area contributed by atoms with Crippen molar-refractivity contribution >= 4 is 5.97 Å². The molecule has 0 saturated heterocycles. The maximum absolute atomic E-state index is 11.3. The van der Waals surface area contributed by atoms with Crippen molar-refractivity contribution in [3.63, 3.8) is 0 Å². The zero-order chi connectivity index (χ0) is 14.8. The van der Waals surface area contributed by atoms with E-state index in [4.69, 9.17) is 9.47 Å². The van der Waals surface area contributed by atoms with Crippen LogP contribution in [0.3, 0.4) is 0 Å². The van der Waals surface area contributed by atoms with E-state index in [2.05, 4.69) is 16.9 Å². The van der Waals surface area contributed by atoms with Gasteiger partial charge in [0, 0.05) is 26.6 Å². The highest BCUT2D eigenvalue weighted by Crippen LogP contribution is 2.16. The van der Waals surface area contributed by atoms with Gasteiger partial charge in [-0.3, -0.25) is 4.79 Å². The molecule has 4 nitrogen and oxygen atoms in total. The van der Waals surface area contributed by atoms with Gasteiger partial charge in [-0.15, -0.1) is 0 Å². The van der Waals surface area contributed by atoms with Crippen LogP contribution >= 0.6 is 0 Å². The van der Waals surface area contributed by atoms with Crippen molar-refractivity contribution in [1.29, 1.82) is 0 Å². The first kappa shape index (κ1) is 16.7. The van der Waals surface area contributed by atoms with Crippen LogP contribution < -0.4 is 0 Å². The minimum atomic E-state index is -0.220. The smallest absolute Gasteiger partial charge is 0.305 e. The maximum Gasteiger partial charge on any atom is 0.305 e. The highest BCUT2D eigenvalue weighted by atomic mass is 16.5. The largest absolute Gasteiger partial charge is 0.469 e. The summed E-state index contributed by atoms with van der Waals surface area (Å²) in [5, 5.41) is 0. The molecule has 1 rings (SSSR count). The predicted molar refractivity (Wildman–Crippen MR) is 77.6 cm³/mol. The minimum Gasteiger partial charge on any atom is -0.469 e. The molecule has 112 valence electrons. The van der Waals surface area contributed by atoms with Crippen molar-refractivity contribution in [2.45, 2.75) is 38.4 Å². The fourth-order valence-electron chi connectivity index (χ4n) is 2.18. The number of hydrogen-bond acceptors (Lipinski definition) is 4. The summed E-state index contributed by atoms with van der Waals surface area (Å²) in [6, 6.07) is 10.1. The molecule has 0 spiro atoms. The fraction of sp³-hybridized carbons (Fsp3) is 0.562. The zero-order valence-electron chi connectivity index (χ0n) is 12.5. The summed E-state index contributed by atoms with van der Waals surface area (Å²) >= 11 is 0. The molecule has 4 heteroatoms. The first-order chi connectivity index (χ1) is 9.71. The van der Waals surface area contributed by atoms with Crippen LogP contribution in [0, 0.1) is 0 Å². The Bertz CT molecular complexity index is 377. The van der Waals surface area contributed by atoms with Gasteiger partial charge in [-0.2, -0.15) is 0 Å². The molecular formula is C16H24O4. The Kier molecular flexibility index (Phi) is 7.92. The molecule has 2 unspecified atom stereocenters. The molecule has 0 amide bonds. The molecule has 0 aliphatic carbocycles. The van der Waals surface area contributed by atoms with Crippen molar-refractivity contribution in [1.82, 2.24) is 0 Å². The average molecular weight is 280 g/mol. The highest BCUT2D eigenvalue weighted by molar-refractivity contribution is 5.69. The summed E-state index contributed by atoms with van der Waals surface area (Å²) in [5.74, 6) is -0.220. The number of rotatable bonds is 9. The van der Waals surface area contributed by atoms with E-state index in [1.54, 1.807) is 7.11 Å². The number of esters is 1. The lowest BCUT2D eigenvalue weighted by Crippen LogP contribution is -2.33. The summed E-state index contributed by atoms with van der Waals surface area (Å²) in [7, 11) is 3.05. The molecule has 20 heavy (non-hydrogen) atoms. The van der Waals surface area contributed by atoms with E-state index in [0.29, 0.717) is 19.4 Å². The fourth-order valence-corrected chi connectivity index (χ4v) is 2.18. The van der Waals surface area contributed by atoms with Crippen molar-refractivity contribution in [2.75, 3.05) is 20.8 Å². The molecule has 0 heterocycles. The number of hydrogen-bond donors (Lipinski definition) is 0. The van der Waals surface area contributed by atoms with Gasteiger partial charge in [-0.1, -0.05) is 30.3 Å². The Balaban J connectivity index is 2.63. The van der Waals surface area contributed by atoms with E-state index in [1.165, 1.54) is 12.7 Å². The average Bonchev–Trinajstić information content (AvgIpc) is 2.48. The van der Waals surface area contributed by atoms with Gasteiger partial charge >= 0.3 is 5.97 Å². The molecule has 1 aromatic rings. The molecule has 0 aliphatic heterocycles. The predicted octanol–water partition coefficient (Wildman–Crippen LogP) is 2.60. The van der Waals surface area contributed by atoms with Gasteiger partial charge in [0.15, 0.2) is 0 Å². The lowest BCUT2D eigenvalue weighted by molar-refractivity contribution is -0.142. The summed E-state index contributed by atoms with van der Waals surface area (Å²) in [6.45, 7) is 2.58. The van der Waals surface area contributed by atoms with Crippen LogP contribution in [0.2, 0.25) is 0 Å². The lowest BCUT2D eigenvalue weighted by atomic mass is 10.0. The van der Waals surface area contributed by atoms with E-state index in [0.717, 1.165) is 6.42 Å².